The summed E-state index contributed by atoms with van der Waals surface area (Å²) in [7, 11) is 0. The molecule has 3 rings (SSSR count). The summed E-state index contributed by atoms with van der Waals surface area (Å²) in [5.74, 6) is 0.812. The van der Waals surface area contributed by atoms with E-state index >= 15 is 0 Å². The molecule has 1 aromatic rings. The van der Waals surface area contributed by atoms with Gasteiger partial charge in [0.1, 0.15) is 12.4 Å². The van der Waals surface area contributed by atoms with Crippen LogP contribution in [0.1, 0.15) is 25.3 Å². The zero-order valence-electron chi connectivity index (χ0n) is 11.9. The molecule has 2 heterocycles. The first-order chi connectivity index (χ1) is 9.94. The van der Waals surface area contributed by atoms with Gasteiger partial charge in [-0.2, -0.15) is 0 Å². The van der Waals surface area contributed by atoms with Crippen molar-refractivity contribution in [2.24, 2.45) is 0 Å². The van der Waals surface area contributed by atoms with Crippen LogP contribution in [0.5, 0.6) is 5.75 Å². The van der Waals surface area contributed by atoms with Gasteiger partial charge in [0.2, 0.25) is 0 Å². The molecule has 0 spiro atoms. The zero-order chi connectivity index (χ0) is 15.0. The lowest BCUT2D eigenvalue weighted by atomic mass is 9.93. The number of hydrogen-bond donors (Lipinski definition) is 1. The Hall–Kier alpha value is -1.33. The minimum Gasteiger partial charge on any atom is -0.488 e. The highest BCUT2D eigenvalue weighted by atomic mass is 79.9. The number of halogens is 1. The first kappa shape index (κ1) is 14.6. The van der Waals surface area contributed by atoms with E-state index in [9.17, 15) is 9.90 Å². The summed E-state index contributed by atoms with van der Waals surface area (Å²) in [6.07, 6.45) is 3.14. The third kappa shape index (κ3) is 3.14. The van der Waals surface area contributed by atoms with Crippen LogP contribution < -0.4 is 4.74 Å². The van der Waals surface area contributed by atoms with Crippen molar-refractivity contribution in [3.63, 3.8) is 0 Å². The van der Waals surface area contributed by atoms with Crippen LogP contribution in [-0.4, -0.2) is 41.2 Å². The Kier molecular flexibility index (Phi) is 3.80. The number of hydrogen-bond acceptors (Lipinski definition) is 3. The number of benzene rings is 1. The second kappa shape index (κ2) is 5.46. The van der Waals surface area contributed by atoms with Gasteiger partial charge in [-0.25, -0.2) is 0 Å². The lowest BCUT2D eigenvalue weighted by Gasteiger charge is -2.36. The Morgan fingerprint density at radius 3 is 2.81 bits per heavy atom. The molecular formula is C16H18BrNO3. The van der Waals surface area contributed by atoms with Crippen molar-refractivity contribution in [1.82, 2.24) is 4.90 Å². The largest absolute Gasteiger partial charge is 0.488 e. The molecule has 1 aromatic carbocycles. The second-order valence-electron chi connectivity index (χ2n) is 5.93. The van der Waals surface area contributed by atoms with Crippen molar-refractivity contribution < 1.29 is 14.6 Å². The van der Waals surface area contributed by atoms with E-state index < -0.39 is 5.60 Å². The molecule has 2 aliphatic rings. The lowest BCUT2D eigenvalue weighted by molar-refractivity contribution is -0.131. The smallest absolute Gasteiger partial charge is 0.253 e. The van der Waals surface area contributed by atoms with Crippen LogP contribution in [-0.2, 0) is 4.79 Å². The van der Waals surface area contributed by atoms with Gasteiger partial charge < -0.3 is 14.7 Å². The fraction of sp³-hybridized carbons (Fsp3) is 0.438. The number of aliphatic hydroxyl groups is 1. The second-order valence-corrected chi connectivity index (χ2v) is 6.85. The molecule has 0 saturated carbocycles. The number of piperidine rings is 1. The molecule has 4 nitrogen and oxygen atoms in total. The molecule has 0 radical (unpaired) electrons. The third-order valence-corrected chi connectivity index (χ3v) is 4.58. The molecule has 1 amide bonds. The molecule has 0 aliphatic carbocycles. The number of rotatable bonds is 1. The summed E-state index contributed by atoms with van der Waals surface area (Å²) in [5.41, 5.74) is 0.941. The molecule has 1 saturated heterocycles. The van der Waals surface area contributed by atoms with Crippen LogP contribution in [0.4, 0.5) is 0 Å². The maximum atomic E-state index is 12.5. The summed E-state index contributed by atoms with van der Waals surface area (Å²) in [4.78, 5) is 14.3. The normalized spacial score (nSPS) is 20.3. The monoisotopic (exact) mass is 351 g/mol. The fourth-order valence-electron chi connectivity index (χ4n) is 2.67. The molecule has 5 heteroatoms. The number of likely N-dealkylation sites (tertiary alicyclic amines) is 1. The van der Waals surface area contributed by atoms with Crippen LogP contribution in [0.25, 0.3) is 6.08 Å². The standard InChI is InChI=1S/C16H18BrNO3/c1-16(20)4-6-18(7-5-16)15(19)12-8-11-9-13(17)2-3-14(11)21-10-12/h2-3,8-9,20H,4-7,10H2,1H3. The van der Waals surface area contributed by atoms with E-state index in [2.05, 4.69) is 15.9 Å². The Bertz CT molecular complexity index is 600. The summed E-state index contributed by atoms with van der Waals surface area (Å²) in [6, 6.07) is 5.77. The van der Waals surface area contributed by atoms with Crippen LogP contribution in [0.3, 0.4) is 0 Å². The zero-order valence-corrected chi connectivity index (χ0v) is 13.5. The minimum absolute atomic E-state index is 0.0103. The van der Waals surface area contributed by atoms with E-state index in [-0.39, 0.29) is 5.91 Å². The van der Waals surface area contributed by atoms with E-state index in [1.165, 1.54) is 0 Å². The Labute approximate surface area is 132 Å². The average Bonchev–Trinajstić information content (AvgIpc) is 2.45. The third-order valence-electron chi connectivity index (χ3n) is 4.09. The Balaban J connectivity index is 1.77. The van der Waals surface area contributed by atoms with Gasteiger partial charge in [0.25, 0.3) is 5.91 Å². The predicted molar refractivity (Wildman–Crippen MR) is 84.1 cm³/mol. The highest BCUT2D eigenvalue weighted by Crippen LogP contribution is 2.30. The maximum Gasteiger partial charge on any atom is 0.253 e. The van der Waals surface area contributed by atoms with Gasteiger partial charge in [-0.05, 0) is 44.0 Å². The van der Waals surface area contributed by atoms with Gasteiger partial charge in [0.05, 0.1) is 11.2 Å². The molecule has 0 bridgehead atoms. The van der Waals surface area contributed by atoms with Gasteiger partial charge in [-0.15, -0.1) is 0 Å². The molecule has 112 valence electrons. The SMILES string of the molecule is CC1(O)CCN(C(=O)C2=Cc3cc(Br)ccc3OC2)CC1. The van der Waals surface area contributed by atoms with Gasteiger partial charge in [0.15, 0.2) is 0 Å². The number of nitrogens with zero attached hydrogens (tertiary/aromatic N) is 1. The summed E-state index contributed by atoms with van der Waals surface area (Å²) in [5, 5.41) is 9.96. The van der Waals surface area contributed by atoms with Crippen LogP contribution in [0.2, 0.25) is 0 Å². The van der Waals surface area contributed by atoms with E-state index in [4.69, 9.17) is 4.74 Å². The Morgan fingerprint density at radius 2 is 2.10 bits per heavy atom. The molecule has 2 aliphatic heterocycles. The molecule has 1 fully saturated rings. The molecule has 21 heavy (non-hydrogen) atoms. The number of carbonyl (C=O) groups excluding carboxylic acids is 1. The summed E-state index contributed by atoms with van der Waals surface area (Å²) in [6.45, 7) is 3.31. The topological polar surface area (TPSA) is 49.8 Å². The quantitative estimate of drug-likeness (QED) is 0.845. The van der Waals surface area contributed by atoms with E-state index in [0.29, 0.717) is 38.1 Å². The van der Waals surface area contributed by atoms with Gasteiger partial charge >= 0.3 is 0 Å². The van der Waals surface area contributed by atoms with Crippen LogP contribution in [0, 0.1) is 0 Å². The fourth-order valence-corrected chi connectivity index (χ4v) is 3.05. The maximum absolute atomic E-state index is 12.5. The highest BCUT2D eigenvalue weighted by molar-refractivity contribution is 9.10. The van der Waals surface area contributed by atoms with E-state index in [1.54, 1.807) is 4.90 Å². The predicted octanol–water partition coefficient (Wildman–Crippen LogP) is 2.60. The molecule has 0 aromatic heterocycles. The molecule has 0 atom stereocenters. The molecular weight excluding hydrogens is 334 g/mol. The molecule has 0 unspecified atom stereocenters. The number of ether oxygens (including phenoxy) is 1. The van der Waals surface area contributed by atoms with Crippen molar-refractivity contribution in [1.29, 1.82) is 0 Å². The highest BCUT2D eigenvalue weighted by Gasteiger charge is 2.31. The van der Waals surface area contributed by atoms with Gasteiger partial charge in [0, 0.05) is 23.1 Å². The van der Waals surface area contributed by atoms with Crippen molar-refractivity contribution in [2.45, 2.75) is 25.4 Å². The number of fused-ring (bicyclic) bond motifs is 1. The van der Waals surface area contributed by atoms with Crippen molar-refractivity contribution in [3.05, 3.63) is 33.8 Å². The number of carbonyl (C=O) groups is 1. The van der Waals surface area contributed by atoms with Crippen molar-refractivity contribution in [3.8, 4) is 5.75 Å². The van der Waals surface area contributed by atoms with Crippen LogP contribution in [0.15, 0.2) is 28.2 Å². The van der Waals surface area contributed by atoms with Gasteiger partial charge in [-0.1, -0.05) is 15.9 Å². The van der Waals surface area contributed by atoms with E-state index in [1.807, 2.05) is 31.2 Å². The summed E-state index contributed by atoms with van der Waals surface area (Å²) < 4.78 is 6.62. The average molecular weight is 352 g/mol. The Morgan fingerprint density at radius 1 is 1.38 bits per heavy atom. The van der Waals surface area contributed by atoms with Gasteiger partial charge in [-0.3, -0.25) is 4.79 Å². The first-order valence-corrected chi connectivity index (χ1v) is 7.88. The number of amides is 1. The van der Waals surface area contributed by atoms with Crippen molar-refractivity contribution in [2.75, 3.05) is 19.7 Å². The lowest BCUT2D eigenvalue weighted by Crippen LogP contribution is -2.46. The van der Waals surface area contributed by atoms with E-state index in [0.717, 1.165) is 15.8 Å². The van der Waals surface area contributed by atoms with Crippen molar-refractivity contribution >= 4 is 27.9 Å². The first-order valence-electron chi connectivity index (χ1n) is 7.09. The van der Waals surface area contributed by atoms with Crippen LogP contribution >= 0.6 is 15.9 Å². The minimum atomic E-state index is -0.647. The molecule has 1 N–H and O–H groups in total. The summed E-state index contributed by atoms with van der Waals surface area (Å²) >= 11 is 3.43.